The first-order valence-electron chi connectivity index (χ1n) is 6.90. The summed E-state index contributed by atoms with van der Waals surface area (Å²) in [7, 11) is 0. The first kappa shape index (κ1) is 13.7. The van der Waals surface area contributed by atoms with Gasteiger partial charge in [0.2, 0.25) is 0 Å². The predicted molar refractivity (Wildman–Crippen MR) is 78.7 cm³/mol. The number of anilines is 1. The zero-order chi connectivity index (χ0) is 13.0. The Labute approximate surface area is 114 Å². The van der Waals surface area contributed by atoms with Gasteiger partial charge in [-0.1, -0.05) is 33.1 Å². The monoisotopic (exact) mass is 265 g/mol. The Morgan fingerprint density at radius 2 is 2.00 bits per heavy atom. The maximum absolute atomic E-state index is 5.85. The fourth-order valence-electron chi connectivity index (χ4n) is 2.32. The lowest BCUT2D eigenvalue weighted by Crippen LogP contribution is -2.10. The summed E-state index contributed by atoms with van der Waals surface area (Å²) in [5.41, 5.74) is 6.90. The highest BCUT2D eigenvalue weighted by molar-refractivity contribution is 7.99. The van der Waals surface area contributed by atoms with E-state index in [1.54, 1.807) is 0 Å². The van der Waals surface area contributed by atoms with Gasteiger partial charge in [-0.15, -0.1) is 0 Å². The van der Waals surface area contributed by atoms with Crippen molar-refractivity contribution < 1.29 is 0 Å². The van der Waals surface area contributed by atoms with E-state index in [1.807, 2.05) is 17.8 Å². The van der Waals surface area contributed by atoms with Crippen LogP contribution in [0.15, 0.2) is 6.07 Å². The molecule has 1 aromatic heterocycles. The molecular weight excluding hydrogens is 242 g/mol. The lowest BCUT2D eigenvalue weighted by Gasteiger charge is -2.20. The second-order valence-electron chi connectivity index (χ2n) is 5.36. The SMILES string of the molecule is CC(C)c1cc(N)nc(CSC2CCCCC2)n1. The lowest BCUT2D eigenvalue weighted by atomic mass is 10.0. The number of aromatic nitrogens is 2. The Bertz CT molecular complexity index is 387. The van der Waals surface area contributed by atoms with Crippen LogP contribution in [-0.4, -0.2) is 15.2 Å². The first-order chi connectivity index (χ1) is 8.65. The van der Waals surface area contributed by atoms with Crippen LogP contribution in [0.2, 0.25) is 0 Å². The van der Waals surface area contributed by atoms with Crippen LogP contribution in [0.5, 0.6) is 0 Å². The van der Waals surface area contributed by atoms with Gasteiger partial charge in [-0.25, -0.2) is 9.97 Å². The van der Waals surface area contributed by atoms with Gasteiger partial charge in [0.25, 0.3) is 0 Å². The predicted octanol–water partition coefficient (Wildman–Crippen LogP) is 3.75. The molecule has 2 N–H and O–H groups in total. The summed E-state index contributed by atoms with van der Waals surface area (Å²) in [6, 6.07) is 1.89. The van der Waals surface area contributed by atoms with Crippen molar-refractivity contribution in [2.24, 2.45) is 0 Å². The zero-order valence-corrected chi connectivity index (χ0v) is 12.2. The molecule has 0 radical (unpaired) electrons. The molecule has 0 aromatic carbocycles. The molecule has 18 heavy (non-hydrogen) atoms. The Morgan fingerprint density at radius 3 is 2.67 bits per heavy atom. The van der Waals surface area contributed by atoms with Crippen molar-refractivity contribution >= 4 is 17.6 Å². The molecule has 0 amide bonds. The molecular formula is C14H23N3S. The molecule has 0 atom stereocenters. The van der Waals surface area contributed by atoms with Crippen LogP contribution < -0.4 is 5.73 Å². The van der Waals surface area contributed by atoms with E-state index in [4.69, 9.17) is 5.73 Å². The van der Waals surface area contributed by atoms with Gasteiger partial charge in [-0.05, 0) is 18.8 Å². The number of nitrogen functional groups attached to an aromatic ring is 1. The third-order valence-electron chi connectivity index (χ3n) is 3.40. The molecule has 1 aliphatic rings. The molecule has 0 spiro atoms. The molecule has 4 heteroatoms. The fraction of sp³-hybridized carbons (Fsp3) is 0.714. The van der Waals surface area contributed by atoms with Crippen molar-refractivity contribution in [1.29, 1.82) is 0 Å². The minimum Gasteiger partial charge on any atom is -0.384 e. The van der Waals surface area contributed by atoms with E-state index in [1.165, 1.54) is 32.1 Å². The standard InChI is InChI=1S/C14H23N3S/c1-10(2)12-8-13(15)17-14(16-12)9-18-11-6-4-3-5-7-11/h8,10-11H,3-7,9H2,1-2H3,(H2,15,16,17). The van der Waals surface area contributed by atoms with E-state index in [2.05, 4.69) is 23.8 Å². The summed E-state index contributed by atoms with van der Waals surface area (Å²) < 4.78 is 0. The van der Waals surface area contributed by atoms with E-state index in [0.29, 0.717) is 11.7 Å². The maximum Gasteiger partial charge on any atom is 0.140 e. The zero-order valence-electron chi connectivity index (χ0n) is 11.4. The molecule has 1 aliphatic carbocycles. The smallest absolute Gasteiger partial charge is 0.140 e. The van der Waals surface area contributed by atoms with Crippen molar-refractivity contribution in [1.82, 2.24) is 9.97 Å². The van der Waals surface area contributed by atoms with Crippen molar-refractivity contribution in [3.63, 3.8) is 0 Å². The Kier molecular flexibility index (Phi) is 4.87. The van der Waals surface area contributed by atoms with Gasteiger partial charge in [0.05, 0.1) is 5.75 Å². The van der Waals surface area contributed by atoms with Crippen molar-refractivity contribution in [2.75, 3.05) is 5.73 Å². The van der Waals surface area contributed by atoms with Crippen LogP contribution in [0.25, 0.3) is 0 Å². The molecule has 0 bridgehead atoms. The summed E-state index contributed by atoms with van der Waals surface area (Å²) >= 11 is 2.00. The molecule has 100 valence electrons. The van der Waals surface area contributed by atoms with Gasteiger partial charge in [0, 0.05) is 17.0 Å². The van der Waals surface area contributed by atoms with Crippen molar-refractivity contribution in [2.45, 2.75) is 62.9 Å². The molecule has 0 saturated heterocycles. The van der Waals surface area contributed by atoms with E-state index >= 15 is 0 Å². The van der Waals surface area contributed by atoms with Crippen LogP contribution in [0.3, 0.4) is 0 Å². The largest absolute Gasteiger partial charge is 0.384 e. The fourth-order valence-corrected chi connectivity index (χ4v) is 3.50. The Balaban J connectivity index is 1.95. The molecule has 0 unspecified atom stereocenters. The topological polar surface area (TPSA) is 51.8 Å². The first-order valence-corrected chi connectivity index (χ1v) is 7.95. The third kappa shape index (κ3) is 3.87. The van der Waals surface area contributed by atoms with Crippen LogP contribution in [0.1, 0.15) is 63.4 Å². The van der Waals surface area contributed by atoms with Gasteiger partial charge in [0.1, 0.15) is 11.6 Å². The van der Waals surface area contributed by atoms with Gasteiger partial charge in [0.15, 0.2) is 0 Å². The number of nitrogens with two attached hydrogens (primary N) is 1. The Morgan fingerprint density at radius 1 is 1.28 bits per heavy atom. The molecule has 1 aromatic rings. The van der Waals surface area contributed by atoms with Crippen molar-refractivity contribution in [3.05, 3.63) is 17.6 Å². The highest BCUT2D eigenvalue weighted by Gasteiger charge is 2.15. The number of thioether (sulfide) groups is 1. The average molecular weight is 265 g/mol. The number of rotatable bonds is 4. The Hall–Kier alpha value is -0.770. The highest BCUT2D eigenvalue weighted by Crippen LogP contribution is 2.30. The minimum absolute atomic E-state index is 0.411. The van der Waals surface area contributed by atoms with E-state index in [-0.39, 0.29) is 0 Å². The molecule has 3 nitrogen and oxygen atoms in total. The normalized spacial score (nSPS) is 17.3. The third-order valence-corrected chi connectivity index (χ3v) is 4.77. The summed E-state index contributed by atoms with van der Waals surface area (Å²) in [5, 5.41) is 0.797. The van der Waals surface area contributed by atoms with Crippen molar-refractivity contribution in [3.8, 4) is 0 Å². The second kappa shape index (κ2) is 6.41. The van der Waals surface area contributed by atoms with Gasteiger partial charge < -0.3 is 5.73 Å². The quantitative estimate of drug-likeness (QED) is 0.901. The van der Waals surface area contributed by atoms with Crippen LogP contribution in [0.4, 0.5) is 5.82 Å². The van der Waals surface area contributed by atoms with Crippen LogP contribution in [-0.2, 0) is 5.75 Å². The number of hydrogen-bond donors (Lipinski definition) is 1. The average Bonchev–Trinajstić information content (AvgIpc) is 2.37. The summed E-state index contributed by atoms with van der Waals surface area (Å²) in [5.74, 6) is 2.81. The molecule has 0 aliphatic heterocycles. The minimum atomic E-state index is 0.411. The number of nitrogens with zero attached hydrogens (tertiary/aromatic N) is 2. The number of hydrogen-bond acceptors (Lipinski definition) is 4. The van der Waals surface area contributed by atoms with Crippen LogP contribution in [0, 0.1) is 0 Å². The highest BCUT2D eigenvalue weighted by atomic mass is 32.2. The lowest BCUT2D eigenvalue weighted by molar-refractivity contribution is 0.516. The molecule has 1 heterocycles. The summed E-state index contributed by atoms with van der Waals surface area (Å²) in [6.07, 6.45) is 6.87. The molecule has 1 fully saturated rings. The van der Waals surface area contributed by atoms with Gasteiger partial charge >= 0.3 is 0 Å². The van der Waals surface area contributed by atoms with Gasteiger partial charge in [-0.2, -0.15) is 11.8 Å². The summed E-state index contributed by atoms with van der Waals surface area (Å²) in [6.45, 7) is 4.28. The maximum atomic E-state index is 5.85. The molecule has 2 rings (SSSR count). The van der Waals surface area contributed by atoms with E-state index in [0.717, 1.165) is 22.5 Å². The molecule has 1 saturated carbocycles. The van der Waals surface area contributed by atoms with Crippen LogP contribution >= 0.6 is 11.8 Å². The van der Waals surface area contributed by atoms with E-state index in [9.17, 15) is 0 Å². The van der Waals surface area contributed by atoms with E-state index < -0.39 is 0 Å². The summed E-state index contributed by atoms with van der Waals surface area (Å²) in [4.78, 5) is 8.95. The van der Waals surface area contributed by atoms with Gasteiger partial charge in [-0.3, -0.25) is 0 Å². The second-order valence-corrected chi connectivity index (χ2v) is 6.65.